The van der Waals surface area contributed by atoms with Crippen molar-refractivity contribution in [2.45, 2.75) is 63.5 Å². The van der Waals surface area contributed by atoms with Crippen LogP contribution in [0.5, 0.6) is 5.75 Å². The minimum absolute atomic E-state index is 0.0872. The molecule has 4 rings (SSSR count). The number of benzene rings is 2. The van der Waals surface area contributed by atoms with Crippen LogP contribution < -0.4 is 4.74 Å². The van der Waals surface area contributed by atoms with E-state index in [2.05, 4.69) is 36.8 Å². The van der Waals surface area contributed by atoms with Gasteiger partial charge in [0.05, 0.1) is 5.60 Å². The highest BCUT2D eigenvalue weighted by molar-refractivity contribution is 5.94. The standard InChI is InChI=1S/C30H40N2O4/c1-22(2)20-32(28(34)24-10-7-6-8-11-24)26-14-15-30(35-5)21-31(4)17-16-29(30,19-26)25-12-9-13-27(18-25)36-23(3)33/h6-13,18,22,26H,14-17,19-21H2,1-5H3/t26-,29-,30-/m0/s1. The van der Waals surface area contributed by atoms with E-state index in [1.165, 1.54) is 6.92 Å². The maximum Gasteiger partial charge on any atom is 0.308 e. The predicted molar refractivity (Wildman–Crippen MR) is 141 cm³/mol. The Labute approximate surface area is 215 Å². The number of hydrogen-bond acceptors (Lipinski definition) is 5. The maximum absolute atomic E-state index is 13.8. The molecule has 0 aromatic heterocycles. The molecule has 3 atom stereocenters. The van der Waals surface area contributed by atoms with Crippen molar-refractivity contribution in [2.24, 2.45) is 5.92 Å². The van der Waals surface area contributed by atoms with Crippen LogP contribution in [-0.2, 0) is 14.9 Å². The molecule has 1 amide bonds. The zero-order valence-corrected chi connectivity index (χ0v) is 22.3. The molecule has 1 aliphatic carbocycles. The molecular weight excluding hydrogens is 452 g/mol. The van der Waals surface area contributed by atoms with E-state index < -0.39 is 0 Å². The molecule has 2 fully saturated rings. The number of amides is 1. The van der Waals surface area contributed by atoms with Gasteiger partial charge in [0.25, 0.3) is 5.91 Å². The Morgan fingerprint density at radius 2 is 1.86 bits per heavy atom. The fourth-order valence-corrected chi connectivity index (χ4v) is 6.50. The molecule has 6 heteroatoms. The second kappa shape index (κ2) is 10.7. The molecule has 6 nitrogen and oxygen atoms in total. The highest BCUT2D eigenvalue weighted by atomic mass is 16.5. The van der Waals surface area contributed by atoms with Gasteiger partial charge in [-0.2, -0.15) is 0 Å². The fraction of sp³-hybridized carbons (Fsp3) is 0.533. The molecule has 0 radical (unpaired) electrons. The van der Waals surface area contributed by atoms with Crippen molar-refractivity contribution in [1.29, 1.82) is 0 Å². The van der Waals surface area contributed by atoms with E-state index in [-0.39, 0.29) is 28.9 Å². The first kappa shape index (κ1) is 26.4. The van der Waals surface area contributed by atoms with Gasteiger partial charge in [-0.25, -0.2) is 0 Å². The lowest BCUT2D eigenvalue weighted by atomic mass is 9.55. The first-order chi connectivity index (χ1) is 17.2. The van der Waals surface area contributed by atoms with Gasteiger partial charge < -0.3 is 19.3 Å². The Balaban J connectivity index is 1.77. The number of hydrogen-bond donors (Lipinski definition) is 0. The van der Waals surface area contributed by atoms with E-state index in [4.69, 9.17) is 9.47 Å². The minimum atomic E-state index is -0.384. The van der Waals surface area contributed by atoms with Gasteiger partial charge in [-0.1, -0.05) is 44.2 Å². The largest absolute Gasteiger partial charge is 0.427 e. The average Bonchev–Trinajstić information content (AvgIpc) is 2.86. The highest BCUT2D eigenvalue weighted by Crippen LogP contribution is 2.54. The van der Waals surface area contributed by atoms with Crippen molar-refractivity contribution in [3.05, 3.63) is 65.7 Å². The maximum atomic E-state index is 13.8. The van der Waals surface area contributed by atoms with Gasteiger partial charge >= 0.3 is 5.97 Å². The van der Waals surface area contributed by atoms with Crippen LogP contribution in [0.1, 0.15) is 62.4 Å². The number of carbonyl (C=O) groups is 2. The van der Waals surface area contributed by atoms with E-state index in [1.54, 1.807) is 0 Å². The Hall–Kier alpha value is -2.70. The number of esters is 1. The molecule has 0 bridgehead atoms. The third-order valence-corrected chi connectivity index (χ3v) is 8.11. The number of likely N-dealkylation sites (tertiary alicyclic amines) is 1. The number of likely N-dealkylation sites (N-methyl/N-ethyl adjacent to an activating group) is 1. The zero-order chi connectivity index (χ0) is 25.9. The number of methoxy groups -OCH3 is 1. The van der Waals surface area contributed by atoms with Crippen molar-refractivity contribution in [2.75, 3.05) is 33.8 Å². The van der Waals surface area contributed by atoms with Crippen molar-refractivity contribution >= 4 is 11.9 Å². The predicted octanol–water partition coefficient (Wildman–Crippen LogP) is 4.92. The third kappa shape index (κ3) is 5.07. The molecule has 1 saturated heterocycles. The van der Waals surface area contributed by atoms with Gasteiger partial charge in [0.2, 0.25) is 0 Å². The van der Waals surface area contributed by atoms with Crippen LogP contribution in [0, 0.1) is 5.92 Å². The lowest BCUT2D eigenvalue weighted by Gasteiger charge is -2.60. The summed E-state index contributed by atoms with van der Waals surface area (Å²) in [7, 11) is 3.97. The summed E-state index contributed by atoms with van der Waals surface area (Å²) < 4.78 is 11.9. The number of ether oxygens (including phenoxy) is 2. The van der Waals surface area contributed by atoms with Crippen LogP contribution in [-0.4, -0.2) is 67.1 Å². The molecule has 194 valence electrons. The van der Waals surface area contributed by atoms with Crippen molar-refractivity contribution in [1.82, 2.24) is 9.80 Å². The summed E-state index contributed by atoms with van der Waals surface area (Å²) in [5.41, 5.74) is 1.16. The SMILES string of the molecule is CO[C@]12CC[C@H](N(CC(C)C)C(=O)c3ccccc3)C[C@]1(c1cccc(OC(C)=O)c1)CCN(C)C2. The summed E-state index contributed by atoms with van der Waals surface area (Å²) in [4.78, 5) is 29.9. The van der Waals surface area contributed by atoms with E-state index in [0.29, 0.717) is 18.2 Å². The Morgan fingerprint density at radius 3 is 2.53 bits per heavy atom. The van der Waals surface area contributed by atoms with E-state index in [0.717, 1.165) is 49.9 Å². The molecular formula is C30H40N2O4. The number of carbonyl (C=O) groups excluding carboxylic acids is 2. The summed E-state index contributed by atoms with van der Waals surface area (Å²) in [6, 6.07) is 17.6. The van der Waals surface area contributed by atoms with Crippen LogP contribution in [0.3, 0.4) is 0 Å². The molecule has 36 heavy (non-hydrogen) atoms. The fourth-order valence-electron chi connectivity index (χ4n) is 6.50. The van der Waals surface area contributed by atoms with Crippen LogP contribution in [0.25, 0.3) is 0 Å². The van der Waals surface area contributed by atoms with Crippen LogP contribution in [0.2, 0.25) is 0 Å². The molecule has 1 heterocycles. The van der Waals surface area contributed by atoms with Crippen molar-refractivity contribution in [3.8, 4) is 5.75 Å². The zero-order valence-electron chi connectivity index (χ0n) is 22.3. The summed E-state index contributed by atoms with van der Waals surface area (Å²) in [5.74, 6) is 0.674. The van der Waals surface area contributed by atoms with E-state index in [9.17, 15) is 9.59 Å². The van der Waals surface area contributed by atoms with Crippen molar-refractivity contribution in [3.63, 3.8) is 0 Å². The van der Waals surface area contributed by atoms with Gasteiger partial charge in [-0.3, -0.25) is 9.59 Å². The lowest BCUT2D eigenvalue weighted by molar-refractivity contribution is -0.150. The number of fused-ring (bicyclic) bond motifs is 1. The van der Waals surface area contributed by atoms with Crippen molar-refractivity contribution < 1.29 is 19.1 Å². The molecule has 1 saturated carbocycles. The summed E-state index contributed by atoms with van der Waals surface area (Å²) >= 11 is 0. The molecule has 2 aromatic rings. The second-order valence-electron chi connectivity index (χ2n) is 11.0. The van der Waals surface area contributed by atoms with Gasteiger partial charge in [0.1, 0.15) is 5.75 Å². The quantitative estimate of drug-likeness (QED) is 0.406. The van der Waals surface area contributed by atoms with Gasteiger partial charge in [0, 0.05) is 44.1 Å². The van der Waals surface area contributed by atoms with Gasteiger partial charge in [-0.05, 0) is 75.0 Å². The topological polar surface area (TPSA) is 59.1 Å². The van der Waals surface area contributed by atoms with E-state index >= 15 is 0 Å². The number of piperidine rings is 1. The minimum Gasteiger partial charge on any atom is -0.427 e. The number of nitrogens with zero attached hydrogens (tertiary/aromatic N) is 2. The summed E-state index contributed by atoms with van der Waals surface area (Å²) in [5, 5.41) is 0. The first-order valence-corrected chi connectivity index (χ1v) is 13.1. The van der Waals surface area contributed by atoms with Crippen LogP contribution in [0.15, 0.2) is 54.6 Å². The Morgan fingerprint density at radius 1 is 1.11 bits per heavy atom. The normalized spacial score (nSPS) is 26.3. The lowest BCUT2D eigenvalue weighted by Crippen LogP contribution is -2.67. The molecule has 0 unspecified atom stereocenters. The van der Waals surface area contributed by atoms with E-state index in [1.807, 2.05) is 55.6 Å². The average molecular weight is 493 g/mol. The molecule has 0 spiro atoms. The summed E-state index contributed by atoms with van der Waals surface area (Å²) in [6.07, 6.45) is 3.46. The van der Waals surface area contributed by atoms with Crippen LogP contribution in [0.4, 0.5) is 0 Å². The van der Waals surface area contributed by atoms with Gasteiger partial charge in [0.15, 0.2) is 0 Å². The Kier molecular flexibility index (Phi) is 7.86. The highest BCUT2D eigenvalue weighted by Gasteiger charge is 2.59. The molecule has 2 aliphatic rings. The molecule has 1 aliphatic heterocycles. The summed E-state index contributed by atoms with van der Waals surface area (Å²) in [6.45, 7) is 8.23. The second-order valence-corrected chi connectivity index (χ2v) is 11.0. The number of rotatable bonds is 7. The Bertz CT molecular complexity index is 1070. The molecule has 0 N–H and O–H groups in total. The molecule has 2 aromatic carbocycles. The smallest absolute Gasteiger partial charge is 0.308 e. The first-order valence-electron chi connectivity index (χ1n) is 13.1. The third-order valence-electron chi connectivity index (χ3n) is 8.11. The monoisotopic (exact) mass is 492 g/mol. The van der Waals surface area contributed by atoms with Crippen LogP contribution >= 0.6 is 0 Å². The van der Waals surface area contributed by atoms with Gasteiger partial charge in [-0.15, -0.1) is 0 Å².